The molecule has 3 aromatic rings. The van der Waals surface area contributed by atoms with Crippen LogP contribution in [0.2, 0.25) is 0 Å². The molecule has 5 atom stereocenters. The molecule has 3 aromatic heterocycles. The molecule has 1 N–H and O–H groups in total. The number of carbonyl (C=O) groups excluding carboxylic acids is 3. The van der Waals surface area contributed by atoms with Crippen LogP contribution in [-0.4, -0.2) is 68.7 Å². The van der Waals surface area contributed by atoms with Crippen LogP contribution >= 0.6 is 0 Å². The van der Waals surface area contributed by atoms with Crippen molar-refractivity contribution in [1.29, 1.82) is 0 Å². The summed E-state index contributed by atoms with van der Waals surface area (Å²) in [7, 11) is 1.24. The van der Waals surface area contributed by atoms with E-state index in [1.54, 1.807) is 0 Å². The summed E-state index contributed by atoms with van der Waals surface area (Å²) in [5, 5.41) is 9.59. The first-order valence-corrected chi connectivity index (χ1v) is 15.4. The number of esters is 1. The molecule has 0 fully saturated rings. The molecule has 0 radical (unpaired) electrons. The van der Waals surface area contributed by atoms with Crippen molar-refractivity contribution < 1.29 is 29.0 Å². The van der Waals surface area contributed by atoms with Crippen molar-refractivity contribution in [2.45, 2.75) is 90.4 Å². The number of rotatable bonds is 6. The summed E-state index contributed by atoms with van der Waals surface area (Å²) in [5.41, 5.74) is 7.44. The second-order valence-electron chi connectivity index (χ2n) is 12.5. The van der Waals surface area contributed by atoms with Crippen LogP contribution < -0.4 is 9.97 Å². The normalized spacial score (nSPS) is 21.6. The molecule has 5 heterocycles. The van der Waals surface area contributed by atoms with Gasteiger partial charge in [-0.25, -0.2) is 0 Å². The average Bonchev–Trinajstić information content (AvgIpc) is 3.72. The van der Waals surface area contributed by atoms with Gasteiger partial charge < -0.3 is 19.8 Å². The van der Waals surface area contributed by atoms with E-state index in [4.69, 9.17) is 24.7 Å². The number of ketones is 2. The van der Waals surface area contributed by atoms with Gasteiger partial charge in [-0.2, -0.15) is 0 Å². The summed E-state index contributed by atoms with van der Waals surface area (Å²) >= 11 is 0. The van der Waals surface area contributed by atoms with Crippen LogP contribution in [0.1, 0.15) is 137 Å². The van der Waals surface area contributed by atoms with Gasteiger partial charge in [-0.1, -0.05) is 50.1 Å². The molecular weight excluding hydrogens is 597 g/mol. The van der Waals surface area contributed by atoms with Crippen LogP contribution in [0, 0.1) is 13.8 Å². The Morgan fingerprint density at radius 2 is 1.52 bits per heavy atom. The number of aliphatic carboxylic acids is 1. The molecule has 0 spiro atoms. The van der Waals surface area contributed by atoms with Gasteiger partial charge in [0.05, 0.1) is 7.11 Å². The van der Waals surface area contributed by atoms with E-state index in [1.165, 1.54) is 14.0 Å². The number of aromatic nitrogens is 4. The molecule has 6 rings (SSSR count). The van der Waals surface area contributed by atoms with Crippen LogP contribution in [0.25, 0.3) is 22.1 Å². The quantitative estimate of drug-likeness (QED) is 0.159. The van der Waals surface area contributed by atoms with Crippen molar-refractivity contribution in [1.82, 2.24) is 19.9 Å². The molecule has 3 aliphatic rings. The molecule has 0 saturated carbocycles. The van der Waals surface area contributed by atoms with Gasteiger partial charge in [-0.15, -0.1) is 22.1 Å². The standard InChI is InChI=1S/C35H38N4O6.Mg/c1-8-19-14(2)21-13-26-28(18(6)40)16(4)23(37-26)11-22-15(3)20(9-10-27(41)42)32(38-22)30-31(35(44)45-7)34(43)29-17(5)24(39-33(29)30)12-25(19)36-21;/h11-15,19-20,31H,8-10H2,1-7H3,(H3,36,37,38,39,40,41,42,43);/q;+2/p-2/t14?,15-,19?,20-,31+;/m0./s1. The van der Waals surface area contributed by atoms with E-state index in [2.05, 4.69) is 13.8 Å². The predicted octanol–water partition coefficient (Wildman–Crippen LogP) is 5.51. The van der Waals surface area contributed by atoms with Crippen molar-refractivity contribution in [3.05, 3.63) is 68.8 Å². The van der Waals surface area contributed by atoms with Gasteiger partial charge in [0.15, 0.2) is 11.6 Å². The molecule has 11 heteroatoms. The number of methoxy groups -OCH3 is 1. The Bertz CT molecular complexity index is 1970. The molecule has 10 nitrogen and oxygen atoms in total. The number of Topliss-reactive ketones (excluding diaryl/α,β-unsaturated/α-hetero) is 2. The molecule has 0 saturated heterocycles. The number of fused-ring (bicyclic) bond motifs is 8. The molecular formula is C35H36MgN4O6. The maximum absolute atomic E-state index is 14.0. The van der Waals surface area contributed by atoms with E-state index in [0.717, 1.165) is 17.8 Å². The van der Waals surface area contributed by atoms with Crippen LogP contribution in [0.4, 0.5) is 0 Å². The van der Waals surface area contributed by atoms with E-state index in [0.29, 0.717) is 61.3 Å². The van der Waals surface area contributed by atoms with E-state index < -0.39 is 29.6 Å². The summed E-state index contributed by atoms with van der Waals surface area (Å²) in [6.07, 6.45) is 0.933. The van der Waals surface area contributed by atoms with E-state index in [9.17, 15) is 24.3 Å². The Hall–Kier alpha value is -3.83. The first kappa shape index (κ1) is 33.5. The van der Waals surface area contributed by atoms with Gasteiger partial charge in [0, 0.05) is 64.0 Å². The van der Waals surface area contributed by atoms with Crippen LogP contribution in [-0.2, 0) is 14.3 Å². The number of carbonyl (C=O) groups is 4. The van der Waals surface area contributed by atoms with E-state index >= 15 is 0 Å². The Kier molecular flexibility index (Phi) is 9.04. The Balaban J connectivity index is 0.00000417. The number of ether oxygens (including phenoxy) is 1. The van der Waals surface area contributed by atoms with Gasteiger partial charge in [-0.3, -0.25) is 29.1 Å². The third-order valence-electron chi connectivity index (χ3n) is 9.94. The zero-order valence-electron chi connectivity index (χ0n) is 27.2. The molecule has 46 heavy (non-hydrogen) atoms. The molecule has 0 aromatic carbocycles. The summed E-state index contributed by atoms with van der Waals surface area (Å²) in [6.45, 7) is 11.4. The number of carboxylic acid groups (broad SMARTS) is 1. The SMILES string of the molecule is CCC1c2cc3[n-]c4c(c3C)C(=O)[C@H](C(=O)OC)c4c3nc(cc4[n-]c(cc(n2)C1C)c(C(C)=O)c4C)[C@@H](C)[C@@H]3CCC(=O)O.[Mg+2]. The zero-order chi connectivity index (χ0) is 32.5. The third kappa shape index (κ3) is 5.17. The van der Waals surface area contributed by atoms with Crippen LogP contribution in [0.5, 0.6) is 0 Å². The zero-order valence-corrected chi connectivity index (χ0v) is 28.6. The fourth-order valence-corrected chi connectivity index (χ4v) is 7.44. The number of nitrogens with zero attached hydrogens (tertiary/aromatic N) is 4. The van der Waals surface area contributed by atoms with Crippen molar-refractivity contribution >= 4 is 68.6 Å². The first-order valence-electron chi connectivity index (χ1n) is 15.4. The second kappa shape index (κ2) is 12.4. The molecule has 8 bridgehead atoms. The second-order valence-corrected chi connectivity index (χ2v) is 12.5. The van der Waals surface area contributed by atoms with Gasteiger partial charge in [0.25, 0.3) is 0 Å². The molecule has 2 aliphatic heterocycles. The van der Waals surface area contributed by atoms with Crippen molar-refractivity contribution in [3.8, 4) is 0 Å². The summed E-state index contributed by atoms with van der Waals surface area (Å²) in [6, 6.07) is 5.64. The molecule has 234 valence electrons. The van der Waals surface area contributed by atoms with Crippen LogP contribution in [0.15, 0.2) is 18.2 Å². The largest absolute Gasteiger partial charge is 2.00 e. The molecule has 1 aliphatic carbocycles. The van der Waals surface area contributed by atoms with Crippen molar-refractivity contribution in [2.75, 3.05) is 7.11 Å². The van der Waals surface area contributed by atoms with Gasteiger partial charge >= 0.3 is 35.0 Å². The van der Waals surface area contributed by atoms with E-state index in [-0.39, 0.29) is 59.4 Å². The number of hydrogen-bond acceptors (Lipinski definition) is 7. The number of hydrogen-bond donors (Lipinski definition) is 1. The van der Waals surface area contributed by atoms with Gasteiger partial charge in [-0.05, 0) is 39.2 Å². The smallest absolute Gasteiger partial charge is 0.657 e. The third-order valence-corrected chi connectivity index (χ3v) is 9.94. The summed E-state index contributed by atoms with van der Waals surface area (Å²) in [5.74, 6) is -3.98. The monoisotopic (exact) mass is 632 g/mol. The maximum Gasteiger partial charge on any atom is 2.00 e. The molecule has 0 amide bonds. The fraction of sp³-hybridized carbons (Fsp3) is 0.429. The van der Waals surface area contributed by atoms with E-state index in [1.807, 2.05) is 39.0 Å². The minimum absolute atomic E-state index is 0. The fourth-order valence-electron chi connectivity index (χ4n) is 7.44. The van der Waals surface area contributed by atoms with Crippen LogP contribution in [0.3, 0.4) is 0 Å². The first-order chi connectivity index (χ1) is 21.4. The maximum atomic E-state index is 14.0. The summed E-state index contributed by atoms with van der Waals surface area (Å²) in [4.78, 5) is 71.7. The van der Waals surface area contributed by atoms with Crippen molar-refractivity contribution in [3.63, 3.8) is 0 Å². The Labute approximate surface area is 282 Å². The van der Waals surface area contributed by atoms with Gasteiger partial charge in [0.1, 0.15) is 5.92 Å². The Morgan fingerprint density at radius 1 is 0.913 bits per heavy atom. The topological polar surface area (TPSA) is 152 Å². The Morgan fingerprint density at radius 3 is 2.15 bits per heavy atom. The number of aryl methyl sites for hydroxylation is 2. The minimum atomic E-state index is -1.26. The number of carboxylic acids is 1. The van der Waals surface area contributed by atoms with Gasteiger partial charge in [0.2, 0.25) is 0 Å². The molecule has 2 unspecified atom stereocenters. The predicted molar refractivity (Wildman–Crippen MR) is 173 cm³/mol. The van der Waals surface area contributed by atoms with Crippen molar-refractivity contribution in [2.24, 2.45) is 0 Å². The average molecular weight is 633 g/mol. The minimum Gasteiger partial charge on any atom is -0.657 e. The summed E-state index contributed by atoms with van der Waals surface area (Å²) < 4.78 is 5.11.